The first-order valence-corrected chi connectivity index (χ1v) is 7.52. The second-order valence-corrected chi connectivity index (χ2v) is 6.15. The van der Waals surface area contributed by atoms with Crippen molar-refractivity contribution in [2.45, 2.75) is 25.3 Å². The fourth-order valence-electron chi connectivity index (χ4n) is 2.10. The van der Waals surface area contributed by atoms with Crippen LogP contribution in [-0.2, 0) is 16.4 Å². The van der Waals surface area contributed by atoms with Crippen LogP contribution in [0, 0.1) is 6.92 Å². The highest BCUT2D eigenvalue weighted by molar-refractivity contribution is 7.90. The van der Waals surface area contributed by atoms with Crippen molar-refractivity contribution in [2.24, 2.45) is 0 Å². The van der Waals surface area contributed by atoms with Gasteiger partial charge in [0.1, 0.15) is 16.5 Å². The van der Waals surface area contributed by atoms with Gasteiger partial charge < -0.3 is 9.30 Å². The summed E-state index contributed by atoms with van der Waals surface area (Å²) in [5, 5.41) is 0. The van der Waals surface area contributed by atoms with Crippen molar-refractivity contribution in [3.63, 3.8) is 0 Å². The number of nitrogens with zero attached hydrogens (tertiary/aromatic N) is 2. The lowest BCUT2D eigenvalue weighted by molar-refractivity contribution is 0.403. The van der Waals surface area contributed by atoms with E-state index >= 15 is 0 Å². The Balaban J connectivity index is 2.85. The lowest BCUT2D eigenvalue weighted by Gasteiger charge is -2.08. The van der Waals surface area contributed by atoms with Crippen molar-refractivity contribution in [1.29, 1.82) is 0 Å². The molecule has 0 aliphatic rings. The van der Waals surface area contributed by atoms with Crippen LogP contribution in [0.5, 0.6) is 5.75 Å². The average Bonchev–Trinajstić information content (AvgIpc) is 2.60. The third kappa shape index (κ3) is 1.96. The zero-order valence-electron chi connectivity index (χ0n) is 10.9. The molecular formula is C12H16N2O3S. The van der Waals surface area contributed by atoms with Gasteiger partial charge in [-0.2, -0.15) is 0 Å². The van der Waals surface area contributed by atoms with E-state index in [-0.39, 0.29) is 4.90 Å². The van der Waals surface area contributed by atoms with E-state index in [1.807, 2.05) is 18.4 Å². The Morgan fingerprint density at radius 3 is 2.56 bits per heavy atom. The number of sulfone groups is 1. The highest BCUT2D eigenvalue weighted by Crippen LogP contribution is 2.29. The van der Waals surface area contributed by atoms with Gasteiger partial charge in [0.05, 0.1) is 18.1 Å². The van der Waals surface area contributed by atoms with Gasteiger partial charge in [-0.05, 0) is 19.9 Å². The minimum absolute atomic E-state index is 0.179. The Morgan fingerprint density at radius 1 is 1.39 bits per heavy atom. The zero-order chi connectivity index (χ0) is 13.5. The van der Waals surface area contributed by atoms with Gasteiger partial charge in [0.2, 0.25) is 0 Å². The van der Waals surface area contributed by atoms with Gasteiger partial charge in [-0.1, -0.05) is 0 Å². The Hall–Kier alpha value is -1.56. The van der Waals surface area contributed by atoms with E-state index in [2.05, 4.69) is 4.98 Å². The lowest BCUT2D eigenvalue weighted by atomic mass is 10.3. The van der Waals surface area contributed by atoms with Crippen LogP contribution >= 0.6 is 0 Å². The monoisotopic (exact) mass is 268 g/mol. The molecule has 18 heavy (non-hydrogen) atoms. The SMILES string of the molecule is CCn1c(C)nc2cc(S(C)(=O)=O)c(OC)cc21. The van der Waals surface area contributed by atoms with E-state index in [1.54, 1.807) is 12.1 Å². The standard InChI is InChI=1S/C12H16N2O3S/c1-5-14-8(2)13-9-6-12(18(4,15)16)11(17-3)7-10(9)14/h6-7H,5H2,1-4H3. The number of hydrogen-bond donors (Lipinski definition) is 0. The van der Waals surface area contributed by atoms with Crippen LogP contribution < -0.4 is 4.74 Å². The first kappa shape index (κ1) is 12.9. The topological polar surface area (TPSA) is 61.2 Å². The van der Waals surface area contributed by atoms with E-state index in [0.717, 1.165) is 17.9 Å². The van der Waals surface area contributed by atoms with E-state index < -0.39 is 9.84 Å². The molecule has 2 rings (SSSR count). The van der Waals surface area contributed by atoms with Crippen molar-refractivity contribution in [1.82, 2.24) is 9.55 Å². The fourth-order valence-corrected chi connectivity index (χ4v) is 2.94. The molecule has 0 N–H and O–H groups in total. The molecule has 98 valence electrons. The number of aryl methyl sites for hydroxylation is 2. The van der Waals surface area contributed by atoms with Crippen LogP contribution in [0.25, 0.3) is 11.0 Å². The average molecular weight is 268 g/mol. The summed E-state index contributed by atoms with van der Waals surface area (Å²) in [6.07, 6.45) is 1.17. The zero-order valence-corrected chi connectivity index (χ0v) is 11.7. The molecule has 1 heterocycles. The molecule has 0 atom stereocenters. The highest BCUT2D eigenvalue weighted by Gasteiger charge is 2.18. The third-order valence-corrected chi connectivity index (χ3v) is 4.06. The molecule has 5 nitrogen and oxygen atoms in total. The molecule has 0 fully saturated rings. The number of methoxy groups -OCH3 is 1. The number of imidazole rings is 1. The predicted molar refractivity (Wildman–Crippen MR) is 69.8 cm³/mol. The van der Waals surface area contributed by atoms with E-state index in [9.17, 15) is 8.42 Å². The fraction of sp³-hybridized carbons (Fsp3) is 0.417. The van der Waals surface area contributed by atoms with Gasteiger partial charge in [0.15, 0.2) is 9.84 Å². The van der Waals surface area contributed by atoms with Crippen LogP contribution in [0.15, 0.2) is 17.0 Å². The summed E-state index contributed by atoms with van der Waals surface area (Å²) < 4.78 is 30.6. The molecular weight excluding hydrogens is 252 g/mol. The van der Waals surface area contributed by atoms with Gasteiger partial charge >= 0.3 is 0 Å². The van der Waals surface area contributed by atoms with Gasteiger partial charge in [0, 0.05) is 18.9 Å². The van der Waals surface area contributed by atoms with Crippen molar-refractivity contribution >= 4 is 20.9 Å². The molecule has 0 aliphatic carbocycles. The molecule has 0 saturated carbocycles. The van der Waals surface area contributed by atoms with Gasteiger partial charge in [-0.15, -0.1) is 0 Å². The van der Waals surface area contributed by atoms with E-state index in [1.165, 1.54) is 13.4 Å². The molecule has 2 aromatic rings. The lowest BCUT2D eigenvalue weighted by Crippen LogP contribution is -2.02. The molecule has 0 unspecified atom stereocenters. The predicted octanol–water partition coefficient (Wildman–Crippen LogP) is 1.78. The number of aromatic nitrogens is 2. The third-order valence-electron chi connectivity index (χ3n) is 2.94. The minimum Gasteiger partial charge on any atom is -0.495 e. The molecule has 1 aromatic carbocycles. The minimum atomic E-state index is -3.32. The Kier molecular flexibility index (Phi) is 3.06. The van der Waals surface area contributed by atoms with Crippen LogP contribution in [0.1, 0.15) is 12.7 Å². The van der Waals surface area contributed by atoms with Crippen molar-refractivity contribution in [3.05, 3.63) is 18.0 Å². The number of fused-ring (bicyclic) bond motifs is 1. The number of ether oxygens (including phenoxy) is 1. The molecule has 0 saturated heterocycles. The smallest absolute Gasteiger partial charge is 0.179 e. The number of benzene rings is 1. The maximum atomic E-state index is 11.7. The van der Waals surface area contributed by atoms with Crippen LogP contribution in [0.2, 0.25) is 0 Å². The van der Waals surface area contributed by atoms with Gasteiger partial charge in [0.25, 0.3) is 0 Å². The quantitative estimate of drug-likeness (QED) is 0.851. The number of rotatable bonds is 3. The van der Waals surface area contributed by atoms with Crippen LogP contribution in [0.3, 0.4) is 0 Å². The van der Waals surface area contributed by atoms with Gasteiger partial charge in [-0.3, -0.25) is 0 Å². The molecule has 1 aromatic heterocycles. The molecule has 6 heteroatoms. The largest absolute Gasteiger partial charge is 0.495 e. The summed E-state index contributed by atoms with van der Waals surface area (Å²) >= 11 is 0. The first-order valence-electron chi connectivity index (χ1n) is 5.63. The molecule has 0 amide bonds. The maximum Gasteiger partial charge on any atom is 0.179 e. The summed E-state index contributed by atoms with van der Waals surface area (Å²) in [5.74, 6) is 1.22. The van der Waals surface area contributed by atoms with Crippen molar-refractivity contribution < 1.29 is 13.2 Å². The Labute approximate surface area is 106 Å². The van der Waals surface area contributed by atoms with Crippen molar-refractivity contribution in [3.8, 4) is 5.75 Å². The summed E-state index contributed by atoms with van der Waals surface area (Å²) in [6, 6.07) is 3.30. The summed E-state index contributed by atoms with van der Waals surface area (Å²) in [7, 11) is -1.85. The Morgan fingerprint density at radius 2 is 2.06 bits per heavy atom. The summed E-state index contributed by atoms with van der Waals surface area (Å²) in [5.41, 5.74) is 1.56. The first-order chi connectivity index (χ1) is 8.38. The Bertz CT molecular complexity index is 702. The van der Waals surface area contributed by atoms with E-state index in [0.29, 0.717) is 11.3 Å². The molecule has 0 spiro atoms. The molecule has 0 aliphatic heterocycles. The van der Waals surface area contributed by atoms with Gasteiger partial charge in [-0.25, -0.2) is 13.4 Å². The van der Waals surface area contributed by atoms with Crippen LogP contribution in [0.4, 0.5) is 0 Å². The molecule has 0 radical (unpaired) electrons. The van der Waals surface area contributed by atoms with Crippen molar-refractivity contribution in [2.75, 3.05) is 13.4 Å². The van der Waals surface area contributed by atoms with E-state index in [4.69, 9.17) is 4.74 Å². The number of hydrogen-bond acceptors (Lipinski definition) is 4. The normalized spacial score (nSPS) is 12.0. The second kappa shape index (κ2) is 4.28. The van der Waals surface area contributed by atoms with Crippen LogP contribution in [-0.4, -0.2) is 31.3 Å². The molecule has 0 bridgehead atoms. The summed E-state index contributed by atoms with van der Waals surface area (Å²) in [6.45, 7) is 4.70. The highest BCUT2D eigenvalue weighted by atomic mass is 32.2. The summed E-state index contributed by atoms with van der Waals surface area (Å²) in [4.78, 5) is 4.56. The maximum absolute atomic E-state index is 11.7. The second-order valence-electron chi connectivity index (χ2n) is 4.17.